The fraction of sp³-hybridized carbons (Fsp3) is 0.538. The van der Waals surface area contributed by atoms with Gasteiger partial charge in [0.15, 0.2) is 0 Å². The lowest BCUT2D eigenvalue weighted by atomic mass is 10.2. The Labute approximate surface area is 101 Å². The fourth-order valence-electron chi connectivity index (χ4n) is 2.31. The van der Waals surface area contributed by atoms with E-state index in [1.807, 2.05) is 12.1 Å². The van der Waals surface area contributed by atoms with Gasteiger partial charge in [0.2, 0.25) is 0 Å². The summed E-state index contributed by atoms with van der Waals surface area (Å²) in [5, 5.41) is 9.26. The molecule has 0 aromatic heterocycles. The number of benzene rings is 1. The minimum absolute atomic E-state index is 0.332. The standard InChI is InChI=1S/C13H18N2O2/c16-12-3-1-11(2-4-12)15-7-5-14(6-8-15)9-13-10-17-13/h1-4,13,16H,5-10H2. The molecule has 2 saturated heterocycles. The van der Waals surface area contributed by atoms with Gasteiger partial charge >= 0.3 is 0 Å². The van der Waals surface area contributed by atoms with E-state index in [1.54, 1.807) is 12.1 Å². The molecule has 2 fully saturated rings. The van der Waals surface area contributed by atoms with Crippen LogP contribution >= 0.6 is 0 Å². The molecule has 2 heterocycles. The minimum Gasteiger partial charge on any atom is -0.508 e. The first-order chi connectivity index (χ1) is 8.31. The molecule has 92 valence electrons. The Hall–Kier alpha value is -1.26. The first kappa shape index (κ1) is 10.9. The van der Waals surface area contributed by atoms with Crippen molar-refractivity contribution in [2.75, 3.05) is 44.2 Å². The van der Waals surface area contributed by atoms with Crippen molar-refractivity contribution in [3.8, 4) is 5.75 Å². The van der Waals surface area contributed by atoms with Crippen molar-refractivity contribution >= 4 is 5.69 Å². The molecule has 17 heavy (non-hydrogen) atoms. The summed E-state index contributed by atoms with van der Waals surface area (Å²) in [7, 11) is 0. The predicted octanol–water partition coefficient (Wildman–Crippen LogP) is 0.913. The fourth-order valence-corrected chi connectivity index (χ4v) is 2.31. The first-order valence-electron chi connectivity index (χ1n) is 6.19. The van der Waals surface area contributed by atoms with E-state index in [1.165, 1.54) is 5.69 Å². The van der Waals surface area contributed by atoms with Crippen LogP contribution in [0.4, 0.5) is 5.69 Å². The van der Waals surface area contributed by atoms with E-state index in [0.717, 1.165) is 39.3 Å². The number of hydrogen-bond donors (Lipinski definition) is 1. The monoisotopic (exact) mass is 234 g/mol. The topological polar surface area (TPSA) is 39.2 Å². The van der Waals surface area contributed by atoms with Crippen LogP contribution in [0.15, 0.2) is 24.3 Å². The van der Waals surface area contributed by atoms with E-state index in [4.69, 9.17) is 4.74 Å². The Morgan fingerprint density at radius 2 is 1.76 bits per heavy atom. The molecule has 4 heteroatoms. The molecule has 0 aliphatic carbocycles. The van der Waals surface area contributed by atoms with Crippen LogP contribution in [0.2, 0.25) is 0 Å². The van der Waals surface area contributed by atoms with Crippen molar-refractivity contribution in [2.24, 2.45) is 0 Å². The van der Waals surface area contributed by atoms with Crippen molar-refractivity contribution in [1.29, 1.82) is 0 Å². The summed E-state index contributed by atoms with van der Waals surface area (Å²) in [6, 6.07) is 7.46. The van der Waals surface area contributed by atoms with Gasteiger partial charge in [-0.1, -0.05) is 0 Å². The van der Waals surface area contributed by atoms with Crippen LogP contribution in [0.3, 0.4) is 0 Å². The number of rotatable bonds is 3. The van der Waals surface area contributed by atoms with E-state index in [-0.39, 0.29) is 0 Å². The van der Waals surface area contributed by atoms with Gasteiger partial charge in [-0.15, -0.1) is 0 Å². The van der Waals surface area contributed by atoms with Gasteiger partial charge in [0.05, 0.1) is 12.7 Å². The number of nitrogens with zero attached hydrogens (tertiary/aromatic N) is 2. The summed E-state index contributed by atoms with van der Waals surface area (Å²) in [5.74, 6) is 0.332. The number of phenolic OH excluding ortho intramolecular Hbond substituents is 1. The summed E-state index contributed by atoms with van der Waals surface area (Å²) < 4.78 is 5.25. The molecule has 1 N–H and O–H groups in total. The van der Waals surface area contributed by atoms with Gasteiger partial charge in [-0.25, -0.2) is 0 Å². The van der Waals surface area contributed by atoms with Gasteiger partial charge in [-0.3, -0.25) is 4.90 Å². The van der Waals surface area contributed by atoms with Crippen LogP contribution in [-0.2, 0) is 4.74 Å². The highest BCUT2D eigenvalue weighted by Gasteiger charge is 2.27. The third-order valence-corrected chi connectivity index (χ3v) is 3.45. The Balaban J connectivity index is 1.54. The highest BCUT2D eigenvalue weighted by atomic mass is 16.6. The van der Waals surface area contributed by atoms with Gasteiger partial charge < -0.3 is 14.7 Å². The molecule has 0 bridgehead atoms. The summed E-state index contributed by atoms with van der Waals surface area (Å²) in [4.78, 5) is 4.83. The molecule has 1 unspecified atom stereocenters. The van der Waals surface area contributed by atoms with Crippen LogP contribution < -0.4 is 4.90 Å². The summed E-state index contributed by atoms with van der Waals surface area (Å²) >= 11 is 0. The maximum Gasteiger partial charge on any atom is 0.115 e. The Morgan fingerprint density at radius 1 is 1.12 bits per heavy atom. The van der Waals surface area contributed by atoms with Crippen molar-refractivity contribution in [1.82, 2.24) is 4.90 Å². The van der Waals surface area contributed by atoms with Crippen molar-refractivity contribution in [3.05, 3.63) is 24.3 Å². The second-order valence-electron chi connectivity index (χ2n) is 4.76. The molecule has 3 rings (SSSR count). The SMILES string of the molecule is Oc1ccc(N2CCN(CC3CO3)CC2)cc1. The number of anilines is 1. The van der Waals surface area contributed by atoms with Crippen LogP contribution in [-0.4, -0.2) is 55.4 Å². The Bertz CT molecular complexity index is 368. The number of phenols is 1. The second kappa shape index (κ2) is 4.55. The van der Waals surface area contributed by atoms with Gasteiger partial charge in [0, 0.05) is 38.4 Å². The summed E-state index contributed by atoms with van der Waals surface area (Å²) in [5.41, 5.74) is 1.20. The number of piperazine rings is 1. The Kier molecular flexibility index (Phi) is 2.91. The molecular weight excluding hydrogens is 216 g/mol. The van der Waals surface area contributed by atoms with Gasteiger partial charge in [-0.2, -0.15) is 0 Å². The van der Waals surface area contributed by atoms with E-state index in [2.05, 4.69) is 9.80 Å². The molecule has 1 aromatic carbocycles. The zero-order valence-corrected chi connectivity index (χ0v) is 9.88. The minimum atomic E-state index is 0.332. The molecule has 0 amide bonds. The zero-order valence-electron chi connectivity index (χ0n) is 9.88. The van der Waals surface area contributed by atoms with Crippen LogP contribution in [0.5, 0.6) is 5.75 Å². The molecular formula is C13H18N2O2. The van der Waals surface area contributed by atoms with E-state index in [9.17, 15) is 5.11 Å². The lowest BCUT2D eigenvalue weighted by Gasteiger charge is -2.35. The third kappa shape index (κ3) is 2.70. The number of aromatic hydroxyl groups is 1. The largest absolute Gasteiger partial charge is 0.508 e. The average molecular weight is 234 g/mol. The predicted molar refractivity (Wildman–Crippen MR) is 66.5 cm³/mol. The molecule has 2 aliphatic rings. The molecule has 1 aromatic rings. The van der Waals surface area contributed by atoms with Crippen molar-refractivity contribution in [3.63, 3.8) is 0 Å². The maximum absolute atomic E-state index is 9.26. The molecule has 0 radical (unpaired) electrons. The zero-order chi connectivity index (χ0) is 11.7. The smallest absolute Gasteiger partial charge is 0.115 e. The highest BCUT2D eigenvalue weighted by Crippen LogP contribution is 2.20. The number of epoxide rings is 1. The molecule has 2 aliphatic heterocycles. The van der Waals surface area contributed by atoms with Crippen molar-refractivity contribution in [2.45, 2.75) is 6.10 Å². The second-order valence-corrected chi connectivity index (χ2v) is 4.76. The first-order valence-corrected chi connectivity index (χ1v) is 6.19. The summed E-state index contributed by atoms with van der Waals surface area (Å²) in [6.07, 6.45) is 0.496. The molecule has 0 spiro atoms. The number of hydrogen-bond acceptors (Lipinski definition) is 4. The third-order valence-electron chi connectivity index (χ3n) is 3.45. The highest BCUT2D eigenvalue weighted by molar-refractivity contribution is 5.49. The average Bonchev–Trinajstić information content (AvgIpc) is 3.15. The van der Waals surface area contributed by atoms with Crippen LogP contribution in [0.25, 0.3) is 0 Å². The lowest BCUT2D eigenvalue weighted by molar-refractivity contribution is 0.230. The van der Waals surface area contributed by atoms with Gasteiger partial charge in [-0.05, 0) is 24.3 Å². The molecule has 0 saturated carbocycles. The summed E-state index contributed by atoms with van der Waals surface area (Å²) in [6.45, 7) is 6.33. The van der Waals surface area contributed by atoms with Crippen molar-refractivity contribution < 1.29 is 9.84 Å². The maximum atomic E-state index is 9.26. The molecule has 4 nitrogen and oxygen atoms in total. The van der Waals surface area contributed by atoms with Crippen LogP contribution in [0, 0.1) is 0 Å². The molecule has 1 atom stereocenters. The van der Waals surface area contributed by atoms with E-state index < -0.39 is 0 Å². The number of ether oxygens (including phenoxy) is 1. The van der Waals surface area contributed by atoms with Gasteiger partial charge in [0.25, 0.3) is 0 Å². The van der Waals surface area contributed by atoms with Crippen LogP contribution in [0.1, 0.15) is 0 Å². The normalized spacial score (nSPS) is 24.9. The van der Waals surface area contributed by atoms with Gasteiger partial charge in [0.1, 0.15) is 5.75 Å². The lowest BCUT2D eigenvalue weighted by Crippen LogP contribution is -2.47. The Morgan fingerprint density at radius 3 is 2.35 bits per heavy atom. The van der Waals surface area contributed by atoms with E-state index in [0.29, 0.717) is 11.9 Å². The quantitative estimate of drug-likeness (QED) is 0.789. The van der Waals surface area contributed by atoms with E-state index >= 15 is 0 Å².